The molecule has 178 valence electrons. The number of nitrogens with two attached hydrogens (primary N) is 1. The molecule has 1 aliphatic rings. The number of carbonyl (C=O) groups is 1. The van der Waals surface area contributed by atoms with E-state index in [9.17, 15) is 22.4 Å². The summed E-state index contributed by atoms with van der Waals surface area (Å²) in [6.45, 7) is 0.0221. The number of nitrogens with zero attached hydrogens (tertiary/aromatic N) is 2. The smallest absolute Gasteiger partial charge is 0.385 e. The van der Waals surface area contributed by atoms with Gasteiger partial charge in [-0.2, -0.15) is 13.2 Å². The fourth-order valence-electron chi connectivity index (χ4n) is 4.16. The first kappa shape index (κ1) is 23.4. The van der Waals surface area contributed by atoms with Crippen LogP contribution in [0, 0.1) is 11.2 Å². The van der Waals surface area contributed by atoms with Gasteiger partial charge in [-0.05, 0) is 29.3 Å². The molecule has 2 heterocycles. The van der Waals surface area contributed by atoms with Gasteiger partial charge in [0.2, 0.25) is 0 Å². The summed E-state index contributed by atoms with van der Waals surface area (Å²) in [7, 11) is 3.03. The highest BCUT2D eigenvalue weighted by atomic mass is 19.4. The molecule has 1 amide bonds. The van der Waals surface area contributed by atoms with Gasteiger partial charge in [-0.25, -0.2) is 9.37 Å². The van der Waals surface area contributed by atoms with Crippen molar-refractivity contribution in [3.63, 3.8) is 0 Å². The Morgan fingerprint density at radius 1 is 1.32 bits per heavy atom. The molecule has 4 N–H and O–H groups in total. The Hall–Kier alpha value is -3.73. The van der Waals surface area contributed by atoms with Gasteiger partial charge >= 0.3 is 6.18 Å². The largest absolute Gasteiger partial charge is 0.416 e. The predicted octanol–water partition coefficient (Wildman–Crippen LogP) is 4.36. The molecular formula is C23H21F4N5O2. The van der Waals surface area contributed by atoms with Crippen LogP contribution in [-0.4, -0.2) is 42.7 Å². The summed E-state index contributed by atoms with van der Waals surface area (Å²) in [5.41, 5.74) is 6.52. The van der Waals surface area contributed by atoms with Crippen molar-refractivity contribution in [3.8, 4) is 0 Å². The number of carbonyl (C=O) groups excluding carboxylic acids is 1. The van der Waals surface area contributed by atoms with Crippen LogP contribution in [0.1, 0.15) is 38.7 Å². The van der Waals surface area contributed by atoms with Crippen LogP contribution < -0.4 is 11.1 Å². The van der Waals surface area contributed by atoms with E-state index in [1.54, 1.807) is 7.05 Å². The Morgan fingerprint density at radius 2 is 2.06 bits per heavy atom. The van der Waals surface area contributed by atoms with Crippen molar-refractivity contribution in [2.45, 2.75) is 18.8 Å². The Balaban J connectivity index is 1.75. The number of rotatable bonds is 4. The number of hydrogen-bond acceptors (Lipinski definition) is 6. The number of halogens is 4. The lowest BCUT2D eigenvalue weighted by atomic mass is 9.95. The van der Waals surface area contributed by atoms with Gasteiger partial charge in [0.1, 0.15) is 11.6 Å². The summed E-state index contributed by atoms with van der Waals surface area (Å²) in [4.78, 5) is 18.7. The van der Waals surface area contributed by atoms with Gasteiger partial charge in [0, 0.05) is 37.3 Å². The summed E-state index contributed by atoms with van der Waals surface area (Å²) >= 11 is 0. The number of nitrogens with one attached hydrogen (secondary N) is 2. The molecule has 0 saturated carbocycles. The molecule has 0 spiro atoms. The molecule has 0 fully saturated rings. The van der Waals surface area contributed by atoms with Crippen LogP contribution >= 0.6 is 0 Å². The summed E-state index contributed by atoms with van der Waals surface area (Å²) in [5, 5.41) is 10.9. The minimum absolute atomic E-state index is 0.0231. The Labute approximate surface area is 192 Å². The number of alkyl halides is 3. The van der Waals surface area contributed by atoms with Crippen molar-refractivity contribution in [2.24, 2.45) is 0 Å². The van der Waals surface area contributed by atoms with Crippen molar-refractivity contribution in [1.82, 2.24) is 9.88 Å². The summed E-state index contributed by atoms with van der Waals surface area (Å²) in [6.07, 6.45) is -3.47. The number of pyridine rings is 1. The number of anilines is 2. The third-order valence-electron chi connectivity index (χ3n) is 5.92. The first-order chi connectivity index (χ1) is 16.1. The number of fused-ring (bicyclic) bond motifs is 2. The van der Waals surface area contributed by atoms with Crippen LogP contribution in [0.25, 0.3) is 10.9 Å². The number of nitrogen functional groups attached to an aromatic ring is 1. The minimum Gasteiger partial charge on any atom is -0.385 e. The Kier molecular flexibility index (Phi) is 5.90. The second kappa shape index (κ2) is 8.56. The highest BCUT2D eigenvalue weighted by Crippen LogP contribution is 2.36. The molecule has 7 nitrogen and oxygen atoms in total. The summed E-state index contributed by atoms with van der Waals surface area (Å²) in [6, 6.07) is 4.94. The van der Waals surface area contributed by atoms with E-state index >= 15 is 0 Å². The Morgan fingerprint density at radius 3 is 2.71 bits per heavy atom. The molecule has 3 aromatic rings. The van der Waals surface area contributed by atoms with E-state index in [1.165, 1.54) is 24.1 Å². The van der Waals surface area contributed by atoms with Crippen LogP contribution in [0.2, 0.25) is 0 Å². The van der Waals surface area contributed by atoms with E-state index in [0.29, 0.717) is 27.8 Å². The lowest BCUT2D eigenvalue weighted by molar-refractivity contribution is -0.137. The maximum Gasteiger partial charge on any atom is 0.416 e. The molecular weight excluding hydrogens is 454 g/mol. The molecule has 0 bridgehead atoms. The third kappa shape index (κ3) is 3.92. The minimum atomic E-state index is -4.51. The van der Waals surface area contributed by atoms with E-state index in [2.05, 4.69) is 10.3 Å². The predicted molar refractivity (Wildman–Crippen MR) is 119 cm³/mol. The standard InChI is InChI=1S/C23H21F4N5O2/c1-30-20-16(8-28)14-6-15(17(24)7-18(14)31-21(20)29)22(33)32(2)19-10-34-9-11-5-12(23(25,26)27)3-4-13(11)19/h3-8,19,28,30H,9-10H2,1-2H3,(H2,29,31)/t19-/m1/s1. The van der Waals surface area contributed by atoms with Crippen LogP contribution in [0.5, 0.6) is 0 Å². The van der Waals surface area contributed by atoms with Gasteiger partial charge in [-0.15, -0.1) is 0 Å². The van der Waals surface area contributed by atoms with Crippen LogP contribution in [0.4, 0.5) is 29.1 Å². The monoisotopic (exact) mass is 475 g/mol. The molecule has 0 aliphatic carbocycles. The molecule has 1 atom stereocenters. The van der Waals surface area contributed by atoms with Gasteiger partial charge in [0.05, 0.1) is 41.6 Å². The molecule has 4 rings (SSSR count). The van der Waals surface area contributed by atoms with Gasteiger partial charge in [0.15, 0.2) is 0 Å². The first-order valence-electron chi connectivity index (χ1n) is 10.2. The normalized spacial score (nSPS) is 15.6. The Bertz CT molecular complexity index is 1310. The second-order valence-electron chi connectivity index (χ2n) is 7.89. The molecule has 11 heteroatoms. The second-order valence-corrected chi connectivity index (χ2v) is 7.89. The average molecular weight is 475 g/mol. The average Bonchev–Trinajstić information content (AvgIpc) is 2.80. The van der Waals surface area contributed by atoms with Gasteiger partial charge in [-0.1, -0.05) is 6.07 Å². The third-order valence-corrected chi connectivity index (χ3v) is 5.92. The molecule has 34 heavy (non-hydrogen) atoms. The van der Waals surface area contributed by atoms with Crippen LogP contribution in [0.15, 0.2) is 30.3 Å². The SMILES string of the molecule is CNc1c(N)nc2cc(F)c(C(=O)N(C)[C@@H]3COCc4cc(C(F)(F)F)ccc43)cc2c1C=N. The zero-order valence-corrected chi connectivity index (χ0v) is 18.3. The number of hydrogen-bond donors (Lipinski definition) is 3. The van der Waals surface area contributed by atoms with E-state index in [-0.39, 0.29) is 30.1 Å². The highest BCUT2D eigenvalue weighted by molar-refractivity contribution is 6.08. The van der Waals surface area contributed by atoms with Gasteiger partial charge in [-0.3, -0.25) is 4.79 Å². The molecule has 1 aromatic heterocycles. The lowest BCUT2D eigenvalue weighted by Crippen LogP contribution is -2.36. The number of aromatic nitrogens is 1. The number of likely N-dealkylation sites (N-methyl/N-ethyl adjacent to an activating group) is 1. The first-order valence-corrected chi connectivity index (χ1v) is 10.2. The van der Waals surface area contributed by atoms with Gasteiger partial charge in [0.25, 0.3) is 5.91 Å². The van der Waals surface area contributed by atoms with Crippen molar-refractivity contribution in [1.29, 1.82) is 5.41 Å². The number of ether oxygens (including phenoxy) is 1. The molecule has 1 aliphatic heterocycles. The van der Waals surface area contributed by atoms with Gasteiger partial charge < -0.3 is 26.1 Å². The number of benzene rings is 2. The maximum atomic E-state index is 15.0. The summed E-state index contributed by atoms with van der Waals surface area (Å²) < 4.78 is 59.7. The van der Waals surface area contributed by atoms with E-state index in [4.69, 9.17) is 15.9 Å². The lowest BCUT2D eigenvalue weighted by Gasteiger charge is -2.33. The molecule has 0 unspecified atom stereocenters. The summed E-state index contributed by atoms with van der Waals surface area (Å²) in [5.74, 6) is -1.45. The number of amides is 1. The maximum absolute atomic E-state index is 15.0. The van der Waals surface area contributed by atoms with Crippen molar-refractivity contribution < 1.29 is 27.1 Å². The topological polar surface area (TPSA) is 104 Å². The highest BCUT2D eigenvalue weighted by Gasteiger charge is 2.34. The zero-order chi connectivity index (χ0) is 24.8. The van der Waals surface area contributed by atoms with E-state index < -0.39 is 29.5 Å². The quantitative estimate of drug-likeness (QED) is 0.384. The van der Waals surface area contributed by atoms with Crippen molar-refractivity contribution in [2.75, 3.05) is 31.8 Å². The molecule has 0 saturated heterocycles. The van der Waals surface area contributed by atoms with Crippen molar-refractivity contribution in [3.05, 3.63) is 64.0 Å². The van der Waals surface area contributed by atoms with Crippen LogP contribution in [0.3, 0.4) is 0 Å². The van der Waals surface area contributed by atoms with Crippen molar-refractivity contribution >= 4 is 34.5 Å². The zero-order valence-electron chi connectivity index (χ0n) is 18.3. The fourth-order valence-corrected chi connectivity index (χ4v) is 4.16. The molecule has 2 aromatic carbocycles. The van der Waals surface area contributed by atoms with Crippen LogP contribution in [-0.2, 0) is 17.5 Å². The van der Waals surface area contributed by atoms with E-state index in [0.717, 1.165) is 24.4 Å². The van der Waals surface area contributed by atoms with E-state index in [1.807, 2.05) is 0 Å². The molecule has 0 radical (unpaired) electrons. The fraction of sp³-hybridized carbons (Fsp3) is 0.261.